The molecule has 2 aromatic rings. The molecular weight excluding hydrogens is 682 g/mol. The zero-order valence-corrected chi connectivity index (χ0v) is 33.2. The van der Waals surface area contributed by atoms with Gasteiger partial charge in [0.2, 0.25) is 0 Å². The molecule has 0 spiro atoms. The molecule has 2 bridgehead atoms. The van der Waals surface area contributed by atoms with Crippen molar-refractivity contribution in [3.05, 3.63) is 70.3 Å². The fraction of sp³-hybridized carbons (Fsp3) is 0.610. The molecule has 2 aromatic carbocycles. The lowest BCUT2D eigenvalue weighted by Crippen LogP contribution is -2.57. The predicted octanol–water partition coefficient (Wildman–Crippen LogP) is 7.61. The minimum atomic E-state index is -0.541. The van der Waals surface area contributed by atoms with Crippen LogP contribution in [0.4, 0.5) is 5.69 Å². The van der Waals surface area contributed by atoms with E-state index in [2.05, 4.69) is 70.2 Å². The van der Waals surface area contributed by atoms with Crippen molar-refractivity contribution in [3.8, 4) is 5.75 Å². The van der Waals surface area contributed by atoms with E-state index in [4.69, 9.17) is 25.8 Å². The molecule has 51 heavy (non-hydrogen) atoms. The molecule has 4 aliphatic rings. The largest absolute Gasteiger partial charge is 0.491 e. The summed E-state index contributed by atoms with van der Waals surface area (Å²) in [7, 11) is 4.61. The molecule has 7 unspecified atom stereocenters. The molecule has 0 radical (unpaired) electrons. The normalized spacial score (nSPS) is 30.7. The third-order valence-electron chi connectivity index (χ3n) is 11.3. The summed E-state index contributed by atoms with van der Waals surface area (Å²) in [6, 6.07) is 12.3. The Balaban J connectivity index is 0.00000162. The van der Waals surface area contributed by atoms with Gasteiger partial charge in [-0.05, 0) is 84.9 Å². The van der Waals surface area contributed by atoms with Crippen molar-refractivity contribution in [1.82, 2.24) is 9.62 Å². The molecule has 10 heteroatoms. The minimum Gasteiger partial charge on any atom is -0.491 e. The number of fused-ring (bicyclic) bond motifs is 2. The van der Waals surface area contributed by atoms with Crippen LogP contribution in [0, 0.1) is 17.8 Å². The Morgan fingerprint density at radius 2 is 1.84 bits per heavy atom. The third-order valence-corrected chi connectivity index (χ3v) is 13.4. The van der Waals surface area contributed by atoms with Crippen LogP contribution >= 0.6 is 22.3 Å². The summed E-state index contributed by atoms with van der Waals surface area (Å²) in [5.74, 6) is 6.47. The van der Waals surface area contributed by atoms with Crippen molar-refractivity contribution in [2.75, 3.05) is 78.8 Å². The van der Waals surface area contributed by atoms with Gasteiger partial charge in [-0.15, -0.1) is 0 Å². The highest BCUT2D eigenvalue weighted by molar-refractivity contribution is 8.13. The van der Waals surface area contributed by atoms with Crippen LogP contribution in [0.5, 0.6) is 5.75 Å². The lowest BCUT2D eigenvalue weighted by atomic mass is 9.63. The number of hydrogen-bond acceptors (Lipinski definition) is 7. The van der Waals surface area contributed by atoms with Gasteiger partial charge in [0.05, 0.1) is 25.5 Å². The Kier molecular flexibility index (Phi) is 14.5. The molecule has 3 aliphatic heterocycles. The number of allylic oxidation sites excluding steroid dienone is 1. The number of benzene rings is 2. The molecule has 282 valence electrons. The van der Waals surface area contributed by atoms with E-state index in [0.29, 0.717) is 29.9 Å². The summed E-state index contributed by atoms with van der Waals surface area (Å²) >= 11 is 6.49. The van der Waals surface area contributed by atoms with Crippen LogP contribution in [0.1, 0.15) is 73.9 Å². The van der Waals surface area contributed by atoms with Gasteiger partial charge in [0.25, 0.3) is 5.91 Å². The predicted molar refractivity (Wildman–Crippen MR) is 213 cm³/mol. The number of methoxy groups -OCH3 is 2. The average Bonchev–Trinajstić information content (AvgIpc) is 3.29. The minimum absolute atomic E-state index is 0.0769. The van der Waals surface area contributed by atoms with Gasteiger partial charge in [-0.2, -0.15) is 0 Å². The zero-order valence-electron chi connectivity index (χ0n) is 31.6. The smallest absolute Gasteiger partial charge is 0.260 e. The summed E-state index contributed by atoms with van der Waals surface area (Å²) in [5, 5.41) is 0.993. The summed E-state index contributed by atoms with van der Waals surface area (Å²) in [6.45, 7) is 13.2. The Bertz CT molecular complexity index is 1520. The lowest BCUT2D eigenvalue weighted by Gasteiger charge is -2.51. The number of carbonyl (C=O) groups is 1. The van der Waals surface area contributed by atoms with E-state index < -0.39 is 16.3 Å². The molecule has 1 saturated heterocycles. The van der Waals surface area contributed by atoms with Crippen molar-refractivity contribution < 1.29 is 23.7 Å². The first-order valence-electron chi connectivity index (χ1n) is 18.7. The van der Waals surface area contributed by atoms with Crippen LogP contribution < -0.4 is 14.4 Å². The fourth-order valence-electron chi connectivity index (χ4n) is 8.08. The number of rotatable bonds is 6. The van der Waals surface area contributed by atoms with Crippen molar-refractivity contribution in [1.29, 1.82) is 0 Å². The van der Waals surface area contributed by atoms with Crippen LogP contribution in [0.15, 0.2) is 48.6 Å². The van der Waals surface area contributed by atoms with Gasteiger partial charge >= 0.3 is 0 Å². The molecule has 7 atom stereocenters. The van der Waals surface area contributed by atoms with Gasteiger partial charge < -0.3 is 28.6 Å². The summed E-state index contributed by atoms with van der Waals surface area (Å²) < 4.78 is 26.5. The second-order valence-electron chi connectivity index (χ2n) is 14.8. The van der Waals surface area contributed by atoms with Crippen LogP contribution in [0.2, 0.25) is 5.02 Å². The van der Waals surface area contributed by atoms with Crippen molar-refractivity contribution >= 4 is 39.7 Å². The summed E-state index contributed by atoms with van der Waals surface area (Å²) in [5.41, 5.74) is 3.84. The Morgan fingerprint density at radius 3 is 2.53 bits per heavy atom. The highest BCUT2D eigenvalue weighted by Gasteiger charge is 2.48. The number of hydrogen-bond donors (Lipinski definition) is 1. The number of halogens is 1. The quantitative estimate of drug-likeness (QED) is 0.242. The SMILES string of the molecule is C=S1NC(=O)c2ccc3c(c2)N(CC(c2ccc(Cl)cc2CCC)CO3)CC2CCC2C(CN2CCOCC2)(OC)/C=C/CC(C)C1C.COC. The molecule has 1 aliphatic carbocycles. The molecule has 1 saturated carbocycles. The van der Waals surface area contributed by atoms with Crippen molar-refractivity contribution in [2.24, 2.45) is 17.8 Å². The topological polar surface area (TPSA) is 72.5 Å². The molecule has 0 aromatic heterocycles. The fourth-order valence-corrected chi connectivity index (χ4v) is 9.49. The molecule has 2 fully saturated rings. The van der Waals surface area contributed by atoms with Crippen LogP contribution in [0.3, 0.4) is 0 Å². The van der Waals surface area contributed by atoms with Gasteiger partial charge in [-0.3, -0.25) is 9.69 Å². The van der Waals surface area contributed by atoms with E-state index in [1.807, 2.05) is 31.4 Å². The standard InChI is InChI=1S/C39H54ClN3O4S.C2H6O/c1-6-8-29-21-33(40)12-13-34(29)32-24-43-23-31-10-14-35(31)39(45-4,26-42-17-19-46-20-18-42)16-7-9-27(2)28(3)48(5)41-38(44)30-11-15-37(47-25-32)36(43)22-30;1-3-2/h7,11-13,15-16,21-22,27-28,31-32,35H,5-6,8-10,14,17-20,23-26H2,1-4H3,(H,41,44);1-2H3/b16-7+;. The zero-order chi connectivity index (χ0) is 36.5. The number of amides is 1. The number of nitrogens with zero attached hydrogens (tertiary/aromatic N) is 2. The number of carbonyl (C=O) groups excluding carboxylic acids is 1. The van der Waals surface area contributed by atoms with Crippen LogP contribution in [-0.2, 0) is 20.6 Å². The van der Waals surface area contributed by atoms with Crippen LogP contribution in [0.25, 0.3) is 0 Å². The molecular formula is C41H60ClN3O5S. The average molecular weight is 742 g/mol. The first kappa shape index (κ1) is 39.8. The Morgan fingerprint density at radius 1 is 1.08 bits per heavy atom. The molecule has 3 heterocycles. The van der Waals surface area contributed by atoms with Crippen LogP contribution in [-0.4, -0.2) is 101 Å². The van der Waals surface area contributed by atoms with Gasteiger partial charge in [-0.25, -0.2) is 0 Å². The second-order valence-corrected chi connectivity index (χ2v) is 17.0. The van der Waals surface area contributed by atoms with Gasteiger partial charge in [0.1, 0.15) is 11.4 Å². The number of aryl methyl sites for hydroxylation is 1. The number of ether oxygens (including phenoxy) is 4. The number of nitrogens with one attached hydrogen (secondary N) is 1. The summed E-state index contributed by atoms with van der Waals surface area (Å²) in [4.78, 5) is 18.7. The van der Waals surface area contributed by atoms with E-state index >= 15 is 0 Å². The van der Waals surface area contributed by atoms with E-state index in [0.717, 1.165) is 94.5 Å². The maximum Gasteiger partial charge on any atom is 0.260 e. The third kappa shape index (κ3) is 9.59. The highest BCUT2D eigenvalue weighted by Crippen LogP contribution is 2.47. The number of morpholine rings is 1. The van der Waals surface area contributed by atoms with E-state index in [1.54, 1.807) is 14.2 Å². The van der Waals surface area contributed by atoms with Gasteiger partial charge in [0, 0.05) is 75.8 Å². The molecule has 1 amide bonds. The maximum absolute atomic E-state index is 13.7. The highest BCUT2D eigenvalue weighted by atomic mass is 35.5. The maximum atomic E-state index is 13.7. The first-order chi connectivity index (χ1) is 24.6. The van der Waals surface area contributed by atoms with Gasteiger partial charge in [0.15, 0.2) is 0 Å². The lowest BCUT2D eigenvalue weighted by molar-refractivity contribution is -0.101. The van der Waals surface area contributed by atoms with E-state index in [9.17, 15) is 4.79 Å². The van der Waals surface area contributed by atoms with Crippen molar-refractivity contribution in [3.63, 3.8) is 0 Å². The molecule has 6 rings (SSSR count). The van der Waals surface area contributed by atoms with Crippen molar-refractivity contribution in [2.45, 2.75) is 69.6 Å². The Hall–Kier alpha value is -2.40. The monoisotopic (exact) mass is 741 g/mol. The number of anilines is 1. The Labute approximate surface area is 314 Å². The summed E-state index contributed by atoms with van der Waals surface area (Å²) in [6.07, 6.45) is 9.94. The molecule has 8 nitrogen and oxygen atoms in total. The van der Waals surface area contributed by atoms with E-state index in [-0.39, 0.29) is 17.1 Å². The second kappa shape index (κ2) is 18.6. The molecule has 1 N–H and O–H groups in total. The van der Waals surface area contributed by atoms with Gasteiger partial charge in [-0.1, -0.05) is 73.6 Å². The van der Waals surface area contributed by atoms with E-state index in [1.165, 1.54) is 11.1 Å². The first-order valence-corrected chi connectivity index (χ1v) is 20.5.